The molecule has 2 saturated heterocycles. The average Bonchev–Trinajstić information content (AvgIpc) is 3.12. The summed E-state index contributed by atoms with van der Waals surface area (Å²) in [6, 6.07) is -0.0487. The summed E-state index contributed by atoms with van der Waals surface area (Å²) >= 11 is 0. The Morgan fingerprint density at radius 2 is 2.21 bits per heavy atom. The lowest BCUT2D eigenvalue weighted by molar-refractivity contribution is -0.160. The summed E-state index contributed by atoms with van der Waals surface area (Å²) in [7, 11) is 0. The van der Waals surface area contributed by atoms with Gasteiger partial charge in [0.05, 0.1) is 6.04 Å². The Hall–Kier alpha value is -1.92. The zero-order chi connectivity index (χ0) is 17.5. The van der Waals surface area contributed by atoms with Crippen molar-refractivity contribution in [1.29, 1.82) is 0 Å². The molecule has 0 saturated carbocycles. The summed E-state index contributed by atoms with van der Waals surface area (Å²) in [5.41, 5.74) is -0.330. The van der Waals surface area contributed by atoms with Gasteiger partial charge in [0.2, 0.25) is 0 Å². The second-order valence-corrected chi connectivity index (χ2v) is 6.69. The topological polar surface area (TPSA) is 76.1 Å². The maximum Gasteiger partial charge on any atom is 0.342 e. The van der Waals surface area contributed by atoms with Crippen LogP contribution in [0, 0.1) is 0 Å². The largest absolute Gasteiger partial charge is 0.459 e. The lowest BCUT2D eigenvalue weighted by Gasteiger charge is -2.28. The van der Waals surface area contributed by atoms with E-state index in [4.69, 9.17) is 9.47 Å². The summed E-state index contributed by atoms with van der Waals surface area (Å²) in [6.07, 6.45) is 4.23. The van der Waals surface area contributed by atoms with Crippen LogP contribution < -0.4 is 0 Å². The van der Waals surface area contributed by atoms with Gasteiger partial charge in [-0.25, -0.2) is 9.59 Å². The summed E-state index contributed by atoms with van der Waals surface area (Å²) in [5, 5.41) is 10.5. The van der Waals surface area contributed by atoms with Crippen molar-refractivity contribution in [2.75, 3.05) is 19.7 Å². The van der Waals surface area contributed by atoms with Crippen molar-refractivity contribution in [1.82, 2.24) is 4.90 Å². The first-order chi connectivity index (χ1) is 11.3. The molecule has 3 atom stereocenters. The minimum atomic E-state index is -1.85. The maximum atomic E-state index is 12.5. The van der Waals surface area contributed by atoms with Gasteiger partial charge in [0, 0.05) is 25.1 Å². The normalized spacial score (nSPS) is 36.5. The minimum Gasteiger partial charge on any atom is -0.459 e. The molecule has 1 N–H and O–H groups in total. The SMILES string of the molecule is C=C1CC(=CC)C(=O)O[C@H]2CCN3CC=C(COC(=O)[C@@]1(C)O)[C@H]23. The van der Waals surface area contributed by atoms with Gasteiger partial charge >= 0.3 is 11.9 Å². The van der Waals surface area contributed by atoms with Crippen LogP contribution in [0.25, 0.3) is 0 Å². The van der Waals surface area contributed by atoms with E-state index in [0.29, 0.717) is 5.57 Å². The molecular weight excluding hydrogens is 310 g/mol. The lowest BCUT2D eigenvalue weighted by atomic mass is 9.91. The fourth-order valence-electron chi connectivity index (χ4n) is 3.47. The van der Waals surface area contributed by atoms with Gasteiger partial charge in [0.1, 0.15) is 12.7 Å². The summed E-state index contributed by atoms with van der Waals surface area (Å²) in [5.74, 6) is -1.16. The lowest BCUT2D eigenvalue weighted by Crippen LogP contribution is -2.42. The number of carbonyl (C=O) groups excluding carboxylic acids is 2. The number of carbonyl (C=O) groups is 2. The highest BCUT2D eigenvalue weighted by Crippen LogP contribution is 2.33. The maximum absolute atomic E-state index is 12.5. The van der Waals surface area contributed by atoms with E-state index < -0.39 is 17.5 Å². The Labute approximate surface area is 141 Å². The molecule has 130 valence electrons. The zero-order valence-corrected chi connectivity index (χ0v) is 14.1. The Kier molecular flexibility index (Phi) is 4.36. The van der Waals surface area contributed by atoms with Gasteiger partial charge in [-0.2, -0.15) is 0 Å². The van der Waals surface area contributed by atoms with E-state index >= 15 is 0 Å². The number of cyclic esters (lactones) is 1. The van der Waals surface area contributed by atoms with Gasteiger partial charge < -0.3 is 14.6 Å². The number of aliphatic hydroxyl groups is 1. The van der Waals surface area contributed by atoms with E-state index in [-0.39, 0.29) is 30.7 Å². The van der Waals surface area contributed by atoms with Gasteiger partial charge in [0.15, 0.2) is 5.60 Å². The Balaban J connectivity index is 1.92. The first-order valence-corrected chi connectivity index (χ1v) is 8.21. The van der Waals surface area contributed by atoms with Crippen molar-refractivity contribution in [3.05, 3.63) is 35.5 Å². The third-order valence-electron chi connectivity index (χ3n) is 5.14. The quantitative estimate of drug-likeness (QED) is 0.407. The highest BCUT2D eigenvalue weighted by atomic mass is 16.6. The predicted molar refractivity (Wildman–Crippen MR) is 87.0 cm³/mol. The van der Waals surface area contributed by atoms with E-state index in [1.807, 2.05) is 6.08 Å². The molecule has 0 amide bonds. The second-order valence-electron chi connectivity index (χ2n) is 6.69. The molecule has 3 rings (SSSR count). The smallest absolute Gasteiger partial charge is 0.342 e. The molecule has 0 aromatic heterocycles. The number of hydrogen-bond donors (Lipinski definition) is 1. The number of rotatable bonds is 0. The molecule has 3 aliphatic rings. The van der Waals surface area contributed by atoms with Crippen LogP contribution >= 0.6 is 0 Å². The predicted octanol–water partition coefficient (Wildman–Crippen LogP) is 1.11. The second kappa shape index (κ2) is 6.18. The van der Waals surface area contributed by atoms with Gasteiger partial charge in [-0.1, -0.05) is 18.7 Å². The van der Waals surface area contributed by atoms with Crippen LogP contribution in [0.1, 0.15) is 26.7 Å². The van der Waals surface area contributed by atoms with Gasteiger partial charge in [-0.15, -0.1) is 0 Å². The average molecular weight is 333 g/mol. The molecule has 2 fully saturated rings. The van der Waals surface area contributed by atoms with Crippen molar-refractivity contribution in [3.8, 4) is 0 Å². The molecule has 0 aromatic rings. The van der Waals surface area contributed by atoms with Crippen LogP contribution in [0.15, 0.2) is 35.5 Å². The molecule has 24 heavy (non-hydrogen) atoms. The van der Waals surface area contributed by atoms with Crippen molar-refractivity contribution in [2.24, 2.45) is 0 Å². The van der Waals surface area contributed by atoms with E-state index in [0.717, 1.165) is 25.1 Å². The van der Waals surface area contributed by atoms with Gasteiger partial charge in [-0.3, -0.25) is 4.90 Å². The molecule has 0 radical (unpaired) electrons. The molecule has 3 heterocycles. The third-order valence-corrected chi connectivity index (χ3v) is 5.14. The summed E-state index contributed by atoms with van der Waals surface area (Å²) < 4.78 is 11.1. The summed E-state index contributed by atoms with van der Waals surface area (Å²) in [6.45, 7) is 8.53. The van der Waals surface area contributed by atoms with Crippen molar-refractivity contribution >= 4 is 11.9 Å². The molecule has 6 nitrogen and oxygen atoms in total. The molecule has 0 spiro atoms. The van der Waals surface area contributed by atoms with Crippen LogP contribution in [0.5, 0.6) is 0 Å². The van der Waals surface area contributed by atoms with Crippen LogP contribution in [0.4, 0.5) is 0 Å². The Bertz CT molecular complexity index is 646. The van der Waals surface area contributed by atoms with Gasteiger partial charge in [-0.05, 0) is 31.4 Å². The molecular formula is C18H23NO5. The first kappa shape index (κ1) is 16.9. The fraction of sp³-hybridized carbons (Fsp3) is 0.556. The van der Waals surface area contributed by atoms with Crippen LogP contribution in [0.3, 0.4) is 0 Å². The fourth-order valence-corrected chi connectivity index (χ4v) is 3.47. The van der Waals surface area contributed by atoms with Crippen molar-refractivity contribution in [3.63, 3.8) is 0 Å². The molecule has 0 unspecified atom stereocenters. The number of ether oxygens (including phenoxy) is 2. The monoisotopic (exact) mass is 333 g/mol. The highest BCUT2D eigenvalue weighted by molar-refractivity contribution is 5.90. The third kappa shape index (κ3) is 2.80. The number of allylic oxidation sites excluding steroid dienone is 1. The molecule has 3 aliphatic heterocycles. The minimum absolute atomic E-state index is 0.0487. The number of nitrogens with zero attached hydrogens (tertiary/aromatic N) is 1. The first-order valence-electron chi connectivity index (χ1n) is 8.21. The van der Waals surface area contributed by atoms with Crippen molar-refractivity contribution in [2.45, 2.75) is 44.4 Å². The Morgan fingerprint density at radius 1 is 1.46 bits per heavy atom. The van der Waals surface area contributed by atoms with Crippen molar-refractivity contribution < 1.29 is 24.2 Å². The van der Waals surface area contributed by atoms with E-state index in [1.54, 1.807) is 13.0 Å². The van der Waals surface area contributed by atoms with Gasteiger partial charge in [0.25, 0.3) is 0 Å². The molecule has 0 aliphatic carbocycles. The number of esters is 2. The van der Waals surface area contributed by atoms with Crippen LogP contribution in [-0.4, -0.2) is 59.4 Å². The van der Waals surface area contributed by atoms with Crippen LogP contribution in [0.2, 0.25) is 0 Å². The highest BCUT2D eigenvalue weighted by Gasteiger charge is 2.44. The Morgan fingerprint density at radius 3 is 2.92 bits per heavy atom. The molecule has 0 bridgehead atoms. The zero-order valence-electron chi connectivity index (χ0n) is 14.1. The molecule has 0 aromatic carbocycles. The molecule has 6 heteroatoms. The van der Waals surface area contributed by atoms with E-state index in [1.165, 1.54) is 6.92 Å². The van der Waals surface area contributed by atoms with Crippen LogP contribution in [-0.2, 0) is 19.1 Å². The van der Waals surface area contributed by atoms with E-state index in [9.17, 15) is 14.7 Å². The number of hydrogen-bond acceptors (Lipinski definition) is 6. The van der Waals surface area contributed by atoms with E-state index in [2.05, 4.69) is 11.5 Å². The standard InChI is InChI=1S/C18H23NO5/c1-4-12-9-11(2)18(3,22)17(21)23-10-13-5-7-19-8-6-14(15(13)19)24-16(12)20/h4-5,14-15,22H,2,6-10H2,1,3H3/t14-,15+,18-/m0/s1. The summed E-state index contributed by atoms with van der Waals surface area (Å²) in [4.78, 5) is 27.0.